The maximum Gasteiger partial charge on any atom is 0.197 e. The Morgan fingerprint density at radius 3 is 2.93 bits per heavy atom. The van der Waals surface area contributed by atoms with Gasteiger partial charge in [-0.15, -0.1) is 10.2 Å². The molecular weight excluding hydrogens is 278 g/mol. The molecule has 78 valence electrons. The van der Waals surface area contributed by atoms with Gasteiger partial charge >= 0.3 is 0 Å². The fourth-order valence-electron chi connectivity index (χ4n) is 0.958. The molecule has 2 aromatic rings. The number of hydrogen-bond acceptors (Lipinski definition) is 5. The fraction of sp³-hybridized carbons (Fsp3) is 0.250. The molecule has 0 fully saturated rings. The lowest BCUT2D eigenvalue weighted by Gasteiger charge is -2.02. The summed E-state index contributed by atoms with van der Waals surface area (Å²) < 4.78 is 2.70. The molecule has 0 aliphatic carbocycles. The van der Waals surface area contributed by atoms with Crippen LogP contribution in [-0.2, 0) is 7.05 Å². The summed E-state index contributed by atoms with van der Waals surface area (Å²) in [7, 11) is 1.89. The second-order valence-corrected chi connectivity index (χ2v) is 4.71. The van der Waals surface area contributed by atoms with Gasteiger partial charge in [0.2, 0.25) is 0 Å². The Morgan fingerprint density at radius 1 is 1.47 bits per heavy atom. The van der Waals surface area contributed by atoms with Gasteiger partial charge in [-0.25, -0.2) is 9.97 Å². The first-order valence-electron chi connectivity index (χ1n) is 4.18. The van der Waals surface area contributed by atoms with Crippen molar-refractivity contribution in [3.63, 3.8) is 0 Å². The van der Waals surface area contributed by atoms with Crippen LogP contribution in [0.1, 0.15) is 5.82 Å². The second kappa shape index (κ2) is 4.28. The zero-order valence-electron chi connectivity index (χ0n) is 8.18. The predicted molar refractivity (Wildman–Crippen MR) is 59.6 cm³/mol. The van der Waals surface area contributed by atoms with E-state index in [-0.39, 0.29) is 0 Å². The van der Waals surface area contributed by atoms with E-state index in [0.29, 0.717) is 0 Å². The van der Waals surface area contributed by atoms with Crippen molar-refractivity contribution in [3.8, 4) is 0 Å². The summed E-state index contributed by atoms with van der Waals surface area (Å²) in [6.07, 6.45) is 3.39. The molecule has 0 spiro atoms. The molecule has 2 aromatic heterocycles. The number of aromatic nitrogens is 5. The lowest BCUT2D eigenvalue weighted by atomic mass is 10.6. The van der Waals surface area contributed by atoms with Crippen LogP contribution in [0.4, 0.5) is 0 Å². The Balaban J connectivity index is 2.32. The smallest absolute Gasteiger partial charge is 0.197 e. The van der Waals surface area contributed by atoms with Crippen molar-refractivity contribution in [2.45, 2.75) is 17.1 Å². The second-order valence-electron chi connectivity index (χ2n) is 2.90. The minimum Gasteiger partial charge on any atom is -0.311 e. The van der Waals surface area contributed by atoms with E-state index in [4.69, 9.17) is 0 Å². The summed E-state index contributed by atoms with van der Waals surface area (Å²) in [5.74, 6) is 0.739. The van der Waals surface area contributed by atoms with Crippen LogP contribution in [0.15, 0.2) is 27.2 Å². The van der Waals surface area contributed by atoms with Crippen molar-refractivity contribution in [2.24, 2.45) is 7.05 Å². The highest BCUT2D eigenvalue weighted by atomic mass is 79.9. The van der Waals surface area contributed by atoms with Crippen molar-refractivity contribution in [1.29, 1.82) is 0 Å². The monoisotopic (exact) mass is 285 g/mol. The molecule has 0 saturated heterocycles. The summed E-state index contributed by atoms with van der Waals surface area (Å²) in [5, 5.41) is 9.43. The Kier molecular flexibility index (Phi) is 3.01. The molecule has 0 aliphatic heterocycles. The number of hydrogen-bond donors (Lipinski definition) is 0. The van der Waals surface area contributed by atoms with Crippen LogP contribution in [0.2, 0.25) is 0 Å². The Morgan fingerprint density at radius 2 is 2.27 bits per heavy atom. The Bertz CT molecular complexity index is 484. The Labute approximate surface area is 99.5 Å². The Hall–Kier alpha value is -0.950. The summed E-state index contributed by atoms with van der Waals surface area (Å²) in [5.41, 5.74) is 0. The largest absolute Gasteiger partial charge is 0.311 e. The number of rotatable bonds is 2. The van der Waals surface area contributed by atoms with E-state index in [9.17, 15) is 0 Å². The van der Waals surface area contributed by atoms with Crippen LogP contribution in [0, 0.1) is 6.92 Å². The third-order valence-corrected chi connectivity index (χ3v) is 3.59. The van der Waals surface area contributed by atoms with Crippen LogP contribution in [0.5, 0.6) is 0 Å². The molecule has 0 aliphatic rings. The standard InChI is InChI=1S/C8H8BrN5S/c1-5-10-3-6(9)7(12-5)15-8-13-11-4-14(8)2/h3-4H,1-2H3. The van der Waals surface area contributed by atoms with Crippen LogP contribution >= 0.6 is 27.7 Å². The summed E-state index contributed by atoms with van der Waals surface area (Å²) in [6.45, 7) is 1.85. The first-order valence-corrected chi connectivity index (χ1v) is 5.79. The van der Waals surface area contributed by atoms with Crippen molar-refractivity contribution >= 4 is 27.7 Å². The third kappa shape index (κ3) is 2.35. The van der Waals surface area contributed by atoms with Gasteiger partial charge in [-0.05, 0) is 34.6 Å². The molecule has 7 heteroatoms. The van der Waals surface area contributed by atoms with Crippen LogP contribution < -0.4 is 0 Å². The number of halogens is 1. The summed E-state index contributed by atoms with van der Waals surface area (Å²) in [6, 6.07) is 0. The van der Waals surface area contributed by atoms with E-state index < -0.39 is 0 Å². The van der Waals surface area contributed by atoms with Gasteiger partial charge in [0.25, 0.3) is 0 Å². The summed E-state index contributed by atoms with van der Waals surface area (Å²) in [4.78, 5) is 8.39. The zero-order chi connectivity index (χ0) is 10.8. The predicted octanol–water partition coefficient (Wildman–Crippen LogP) is 1.83. The lowest BCUT2D eigenvalue weighted by Crippen LogP contribution is -1.93. The first kappa shape index (κ1) is 10.6. The molecule has 2 heterocycles. The van der Waals surface area contributed by atoms with Crippen LogP contribution in [-0.4, -0.2) is 24.7 Å². The molecule has 5 nitrogen and oxygen atoms in total. The summed E-state index contributed by atoms with van der Waals surface area (Å²) >= 11 is 4.85. The maximum absolute atomic E-state index is 4.31. The highest BCUT2D eigenvalue weighted by molar-refractivity contribution is 9.10. The topological polar surface area (TPSA) is 56.5 Å². The molecule has 15 heavy (non-hydrogen) atoms. The molecule has 0 radical (unpaired) electrons. The van der Waals surface area contributed by atoms with E-state index in [1.54, 1.807) is 12.5 Å². The van der Waals surface area contributed by atoms with Gasteiger partial charge in [0.1, 0.15) is 17.2 Å². The van der Waals surface area contributed by atoms with Crippen molar-refractivity contribution in [1.82, 2.24) is 24.7 Å². The van der Waals surface area contributed by atoms with Gasteiger partial charge in [-0.2, -0.15) is 0 Å². The van der Waals surface area contributed by atoms with E-state index in [2.05, 4.69) is 36.1 Å². The molecule has 0 bridgehead atoms. The van der Waals surface area contributed by atoms with Gasteiger partial charge in [0.15, 0.2) is 5.16 Å². The molecule has 0 N–H and O–H groups in total. The highest BCUT2D eigenvalue weighted by Gasteiger charge is 2.09. The maximum atomic E-state index is 4.31. The van der Waals surface area contributed by atoms with E-state index in [0.717, 1.165) is 20.5 Å². The van der Waals surface area contributed by atoms with E-state index in [1.165, 1.54) is 11.8 Å². The molecule has 0 unspecified atom stereocenters. The lowest BCUT2D eigenvalue weighted by molar-refractivity contribution is 0.785. The molecule has 0 aromatic carbocycles. The van der Waals surface area contributed by atoms with E-state index >= 15 is 0 Å². The quantitative estimate of drug-likeness (QED) is 0.788. The minimum atomic E-state index is 0.739. The van der Waals surface area contributed by atoms with Gasteiger partial charge in [-0.3, -0.25) is 0 Å². The van der Waals surface area contributed by atoms with Gasteiger partial charge in [0, 0.05) is 13.2 Å². The zero-order valence-corrected chi connectivity index (χ0v) is 10.6. The van der Waals surface area contributed by atoms with Crippen LogP contribution in [0.3, 0.4) is 0 Å². The normalized spacial score (nSPS) is 10.6. The molecular formula is C8H8BrN5S. The van der Waals surface area contributed by atoms with Crippen LogP contribution in [0.25, 0.3) is 0 Å². The molecule has 2 rings (SSSR count). The van der Waals surface area contributed by atoms with Gasteiger partial charge in [-0.1, -0.05) is 0 Å². The van der Waals surface area contributed by atoms with Crippen molar-refractivity contribution in [3.05, 3.63) is 22.8 Å². The van der Waals surface area contributed by atoms with E-state index in [1.807, 2.05) is 18.5 Å². The van der Waals surface area contributed by atoms with Crippen molar-refractivity contribution < 1.29 is 0 Å². The van der Waals surface area contributed by atoms with Gasteiger partial charge in [0.05, 0.1) is 4.47 Å². The first-order chi connectivity index (χ1) is 7.16. The molecule has 0 saturated carbocycles. The van der Waals surface area contributed by atoms with Crippen molar-refractivity contribution in [2.75, 3.05) is 0 Å². The highest BCUT2D eigenvalue weighted by Crippen LogP contribution is 2.29. The number of nitrogens with zero attached hydrogens (tertiary/aromatic N) is 5. The van der Waals surface area contributed by atoms with Gasteiger partial charge < -0.3 is 4.57 Å². The fourth-order valence-corrected chi connectivity index (χ4v) is 2.17. The number of aryl methyl sites for hydroxylation is 2. The average Bonchev–Trinajstić information content (AvgIpc) is 2.58. The molecule has 0 atom stereocenters. The average molecular weight is 286 g/mol. The minimum absolute atomic E-state index is 0.739. The molecule has 0 amide bonds. The SMILES string of the molecule is Cc1ncc(Br)c(Sc2nncn2C)n1. The third-order valence-electron chi connectivity index (χ3n) is 1.69.